The van der Waals surface area contributed by atoms with Crippen LogP contribution in [0.3, 0.4) is 0 Å². The Morgan fingerprint density at radius 2 is 0.700 bits per heavy atom. The Labute approximate surface area is 370 Å². The van der Waals surface area contributed by atoms with E-state index >= 15 is 0 Å². The third-order valence-electron chi connectivity index (χ3n) is 10.4. The summed E-state index contributed by atoms with van der Waals surface area (Å²) in [7, 11) is 0. The first-order chi connectivity index (χ1) is 29.5. The van der Waals surface area contributed by atoms with Gasteiger partial charge in [-0.25, -0.2) is 0 Å². The van der Waals surface area contributed by atoms with Gasteiger partial charge in [0, 0.05) is 19.3 Å². The first-order valence-corrected chi connectivity index (χ1v) is 25.0. The SMILES string of the molecule is CC/C=C\C/C=C\C/C=C\CCCCCCC(=O)OC(COC(=O)CCCCC/C=C\C=C/CCCCCCCCC)COC(=O)CCCCCCC/C=C\CCCCC. The van der Waals surface area contributed by atoms with E-state index in [1.54, 1.807) is 0 Å². The molecule has 6 heteroatoms. The van der Waals surface area contributed by atoms with Crippen LogP contribution in [0.2, 0.25) is 0 Å². The minimum absolute atomic E-state index is 0.0980. The zero-order valence-corrected chi connectivity index (χ0v) is 39.2. The molecule has 6 nitrogen and oxygen atoms in total. The van der Waals surface area contributed by atoms with Gasteiger partial charge in [-0.2, -0.15) is 0 Å². The Kier molecular flexibility index (Phi) is 46.0. The second-order valence-corrected chi connectivity index (χ2v) is 16.4. The Balaban J connectivity index is 4.47. The maximum absolute atomic E-state index is 12.8. The summed E-state index contributed by atoms with van der Waals surface area (Å²) < 4.78 is 16.7. The number of carbonyl (C=O) groups excluding carboxylic acids is 3. The van der Waals surface area contributed by atoms with Gasteiger partial charge in [-0.15, -0.1) is 0 Å². The molecule has 0 aromatic carbocycles. The fourth-order valence-corrected chi connectivity index (χ4v) is 6.68. The summed E-state index contributed by atoms with van der Waals surface area (Å²) >= 11 is 0. The first-order valence-electron chi connectivity index (χ1n) is 25.0. The van der Waals surface area contributed by atoms with Gasteiger partial charge >= 0.3 is 17.9 Å². The van der Waals surface area contributed by atoms with Crippen LogP contribution in [0, 0.1) is 0 Å². The van der Waals surface area contributed by atoms with E-state index in [2.05, 4.69) is 93.7 Å². The van der Waals surface area contributed by atoms with E-state index in [9.17, 15) is 14.4 Å². The van der Waals surface area contributed by atoms with E-state index in [4.69, 9.17) is 14.2 Å². The molecule has 0 heterocycles. The third-order valence-corrected chi connectivity index (χ3v) is 10.4. The molecule has 0 saturated heterocycles. The predicted octanol–water partition coefficient (Wildman–Crippen LogP) is 16.3. The molecule has 1 atom stereocenters. The van der Waals surface area contributed by atoms with Crippen LogP contribution >= 0.6 is 0 Å². The monoisotopic (exact) mass is 837 g/mol. The molecule has 0 aliphatic rings. The van der Waals surface area contributed by atoms with Gasteiger partial charge in [0.15, 0.2) is 6.10 Å². The predicted molar refractivity (Wildman–Crippen MR) is 256 cm³/mol. The molecule has 1 unspecified atom stereocenters. The van der Waals surface area contributed by atoms with Crippen LogP contribution in [0.1, 0.15) is 233 Å². The van der Waals surface area contributed by atoms with E-state index in [0.29, 0.717) is 19.3 Å². The van der Waals surface area contributed by atoms with E-state index in [1.165, 1.54) is 77.0 Å². The number of hydrogen-bond donors (Lipinski definition) is 0. The highest BCUT2D eigenvalue weighted by Crippen LogP contribution is 2.13. The number of allylic oxidation sites excluding steroid dienone is 12. The number of rotatable bonds is 44. The lowest BCUT2D eigenvalue weighted by molar-refractivity contribution is -0.167. The topological polar surface area (TPSA) is 78.9 Å². The number of ether oxygens (including phenoxy) is 3. The summed E-state index contributed by atoms with van der Waals surface area (Å²) in [4.78, 5) is 37.9. The molecule has 0 aromatic rings. The molecule has 0 amide bonds. The minimum atomic E-state index is -0.800. The van der Waals surface area contributed by atoms with E-state index in [1.807, 2.05) is 0 Å². The molecule has 0 radical (unpaired) electrons. The van der Waals surface area contributed by atoms with Crippen molar-refractivity contribution >= 4 is 17.9 Å². The molecule has 60 heavy (non-hydrogen) atoms. The van der Waals surface area contributed by atoms with Crippen LogP contribution < -0.4 is 0 Å². The van der Waals surface area contributed by atoms with Crippen molar-refractivity contribution in [2.75, 3.05) is 13.2 Å². The molecule has 0 aromatic heterocycles. The Hall–Kier alpha value is -3.15. The van der Waals surface area contributed by atoms with E-state index < -0.39 is 6.10 Å². The van der Waals surface area contributed by atoms with Crippen LogP contribution in [-0.4, -0.2) is 37.2 Å². The van der Waals surface area contributed by atoms with E-state index in [0.717, 1.165) is 116 Å². The van der Waals surface area contributed by atoms with Crippen molar-refractivity contribution in [1.29, 1.82) is 0 Å². The number of carbonyl (C=O) groups is 3. The maximum atomic E-state index is 12.8. The van der Waals surface area contributed by atoms with E-state index in [-0.39, 0.29) is 31.1 Å². The Bertz CT molecular complexity index is 1140. The van der Waals surface area contributed by atoms with Crippen molar-refractivity contribution in [2.45, 2.75) is 239 Å². The number of hydrogen-bond acceptors (Lipinski definition) is 6. The molecule has 344 valence electrons. The molecular formula is C54H92O6. The Morgan fingerprint density at radius 1 is 0.367 bits per heavy atom. The summed E-state index contributed by atoms with van der Waals surface area (Å²) in [6.45, 7) is 6.44. The summed E-state index contributed by atoms with van der Waals surface area (Å²) in [5, 5.41) is 0. The fourth-order valence-electron chi connectivity index (χ4n) is 6.68. The largest absolute Gasteiger partial charge is 0.462 e. The number of esters is 3. The zero-order valence-electron chi connectivity index (χ0n) is 39.2. The summed E-state index contributed by atoms with van der Waals surface area (Å²) in [5.41, 5.74) is 0. The lowest BCUT2D eigenvalue weighted by Crippen LogP contribution is -2.30. The van der Waals surface area contributed by atoms with Crippen molar-refractivity contribution in [3.8, 4) is 0 Å². The molecule has 0 spiro atoms. The zero-order chi connectivity index (χ0) is 43.7. The fraction of sp³-hybridized carbons (Fsp3) is 0.722. The highest BCUT2D eigenvalue weighted by atomic mass is 16.6. The van der Waals surface area contributed by atoms with Crippen molar-refractivity contribution in [3.05, 3.63) is 72.9 Å². The molecule has 0 N–H and O–H groups in total. The molecule has 0 aliphatic carbocycles. The highest BCUT2D eigenvalue weighted by molar-refractivity contribution is 5.71. The van der Waals surface area contributed by atoms with Crippen molar-refractivity contribution in [1.82, 2.24) is 0 Å². The maximum Gasteiger partial charge on any atom is 0.306 e. The van der Waals surface area contributed by atoms with Crippen LogP contribution in [0.5, 0.6) is 0 Å². The second kappa shape index (κ2) is 48.5. The van der Waals surface area contributed by atoms with Gasteiger partial charge in [-0.1, -0.05) is 184 Å². The van der Waals surface area contributed by atoms with Crippen molar-refractivity contribution in [3.63, 3.8) is 0 Å². The lowest BCUT2D eigenvalue weighted by atomic mass is 10.1. The molecular weight excluding hydrogens is 745 g/mol. The van der Waals surface area contributed by atoms with Gasteiger partial charge in [-0.05, 0) is 103 Å². The van der Waals surface area contributed by atoms with Crippen LogP contribution in [0.25, 0.3) is 0 Å². The standard InChI is InChI=1S/C54H92O6/c1-4-7-10-13-16-19-22-25-27-28-30-32-35-38-41-44-47-53(56)59-50-51(49-58-52(55)46-43-40-37-34-31-24-21-18-15-12-9-6-3)60-54(57)48-45-42-39-36-33-29-26-23-20-17-14-11-8-5-2/h8,11,17-18,20-21,26-30,32,51H,4-7,9-10,12-16,19,22-25,31,33-50H2,1-3H3/b11-8-,20-17-,21-18-,28-27-,29-26-,32-30-. The van der Waals surface area contributed by atoms with Crippen LogP contribution in [0.4, 0.5) is 0 Å². The van der Waals surface area contributed by atoms with Crippen molar-refractivity contribution in [2.24, 2.45) is 0 Å². The van der Waals surface area contributed by atoms with Gasteiger partial charge in [0.1, 0.15) is 13.2 Å². The minimum Gasteiger partial charge on any atom is -0.462 e. The summed E-state index contributed by atoms with van der Waals surface area (Å²) in [6, 6.07) is 0. The summed E-state index contributed by atoms with van der Waals surface area (Å²) in [6.07, 6.45) is 60.3. The highest BCUT2D eigenvalue weighted by Gasteiger charge is 2.19. The van der Waals surface area contributed by atoms with Gasteiger partial charge in [0.2, 0.25) is 0 Å². The second-order valence-electron chi connectivity index (χ2n) is 16.4. The summed E-state index contributed by atoms with van der Waals surface area (Å²) in [5.74, 6) is -0.958. The molecule has 0 rings (SSSR count). The lowest BCUT2D eigenvalue weighted by Gasteiger charge is -2.18. The van der Waals surface area contributed by atoms with Crippen LogP contribution in [0.15, 0.2) is 72.9 Å². The Morgan fingerprint density at radius 3 is 1.18 bits per heavy atom. The quantitative estimate of drug-likeness (QED) is 0.0200. The van der Waals surface area contributed by atoms with Gasteiger partial charge < -0.3 is 14.2 Å². The van der Waals surface area contributed by atoms with Gasteiger partial charge in [0.25, 0.3) is 0 Å². The first kappa shape index (κ1) is 56.9. The molecule has 0 aliphatic heterocycles. The average Bonchev–Trinajstić information content (AvgIpc) is 3.24. The number of unbranched alkanes of at least 4 members (excludes halogenated alkanes) is 22. The van der Waals surface area contributed by atoms with Crippen molar-refractivity contribution < 1.29 is 28.6 Å². The average molecular weight is 837 g/mol. The third kappa shape index (κ3) is 45.9. The van der Waals surface area contributed by atoms with Gasteiger partial charge in [-0.3, -0.25) is 14.4 Å². The molecule has 0 saturated carbocycles. The smallest absolute Gasteiger partial charge is 0.306 e. The van der Waals surface area contributed by atoms with Crippen LogP contribution in [-0.2, 0) is 28.6 Å². The van der Waals surface area contributed by atoms with Gasteiger partial charge in [0.05, 0.1) is 0 Å². The molecule has 0 fully saturated rings. The normalized spacial score (nSPS) is 12.7. The molecule has 0 bridgehead atoms.